The third-order valence-electron chi connectivity index (χ3n) is 4.20. The number of hydrogen-bond donors (Lipinski definition) is 2. The average molecular weight is 319 g/mol. The summed E-state index contributed by atoms with van der Waals surface area (Å²) in [5.74, 6) is 1.42. The van der Waals surface area contributed by atoms with Crippen LogP contribution in [0.3, 0.4) is 0 Å². The van der Waals surface area contributed by atoms with Crippen LogP contribution in [0.5, 0.6) is 0 Å². The molecule has 1 atom stereocenters. The number of piperidine rings is 1. The van der Waals surface area contributed by atoms with Gasteiger partial charge in [0.05, 0.1) is 28.9 Å². The van der Waals surface area contributed by atoms with Gasteiger partial charge in [0, 0.05) is 25.0 Å². The van der Waals surface area contributed by atoms with Crippen LogP contribution in [0.2, 0.25) is 0 Å². The summed E-state index contributed by atoms with van der Waals surface area (Å²) >= 11 is 0. The molecule has 120 valence electrons. The van der Waals surface area contributed by atoms with Gasteiger partial charge in [-0.05, 0) is 37.6 Å². The van der Waals surface area contributed by atoms with Gasteiger partial charge in [-0.15, -0.1) is 0 Å². The highest BCUT2D eigenvalue weighted by atomic mass is 15.2. The van der Waals surface area contributed by atoms with Crippen molar-refractivity contribution in [2.75, 3.05) is 18.4 Å². The Morgan fingerprint density at radius 3 is 3.17 bits per heavy atom. The van der Waals surface area contributed by atoms with Crippen LogP contribution in [0.1, 0.15) is 18.4 Å². The summed E-state index contributed by atoms with van der Waals surface area (Å²) in [5, 5.41) is 20.3. The number of fused-ring (bicyclic) bond motifs is 1. The zero-order valence-corrected chi connectivity index (χ0v) is 13.1. The van der Waals surface area contributed by atoms with E-state index < -0.39 is 0 Å². The maximum Gasteiger partial charge on any atom is 0.165 e. The number of rotatable bonds is 3. The summed E-state index contributed by atoms with van der Waals surface area (Å²) < 4.78 is 1.73. The minimum Gasteiger partial charge on any atom is -0.366 e. The molecule has 1 aliphatic heterocycles. The molecule has 0 saturated carbocycles. The molecule has 0 aliphatic carbocycles. The van der Waals surface area contributed by atoms with E-state index in [-0.39, 0.29) is 0 Å². The molecule has 4 heterocycles. The molecule has 4 rings (SSSR count). The molecular weight excluding hydrogens is 302 g/mol. The first-order valence-electron chi connectivity index (χ1n) is 8.01. The molecule has 24 heavy (non-hydrogen) atoms. The number of nitrogens with zero attached hydrogens (tertiary/aromatic N) is 5. The molecule has 2 N–H and O–H groups in total. The van der Waals surface area contributed by atoms with Crippen molar-refractivity contribution >= 4 is 11.3 Å². The highest BCUT2D eigenvalue weighted by Gasteiger charge is 2.15. The van der Waals surface area contributed by atoms with Crippen molar-refractivity contribution in [1.82, 2.24) is 24.9 Å². The zero-order valence-electron chi connectivity index (χ0n) is 13.1. The summed E-state index contributed by atoms with van der Waals surface area (Å²) in [6, 6.07) is 7.95. The lowest BCUT2D eigenvalue weighted by molar-refractivity contribution is 0.479. The van der Waals surface area contributed by atoms with Crippen molar-refractivity contribution in [3.63, 3.8) is 0 Å². The lowest BCUT2D eigenvalue weighted by Crippen LogP contribution is -2.38. The molecule has 0 radical (unpaired) electrons. The number of aromatic nitrogens is 4. The fourth-order valence-corrected chi connectivity index (χ4v) is 2.98. The zero-order chi connectivity index (χ0) is 16.4. The van der Waals surface area contributed by atoms with E-state index in [0.717, 1.165) is 36.4 Å². The van der Waals surface area contributed by atoms with Gasteiger partial charge in [-0.2, -0.15) is 10.4 Å². The third-order valence-corrected chi connectivity index (χ3v) is 4.20. The van der Waals surface area contributed by atoms with Gasteiger partial charge < -0.3 is 10.6 Å². The van der Waals surface area contributed by atoms with Gasteiger partial charge >= 0.3 is 0 Å². The number of nitriles is 1. The van der Waals surface area contributed by atoms with Gasteiger partial charge in [0.1, 0.15) is 5.82 Å². The Kier molecular flexibility index (Phi) is 3.81. The SMILES string of the molecule is N#Cc1ccn2ncc(-c3nccc(N[C@@H]4CCCNC4)n3)c2c1. The van der Waals surface area contributed by atoms with Gasteiger partial charge in [0.15, 0.2) is 5.82 Å². The maximum atomic E-state index is 9.10. The van der Waals surface area contributed by atoms with Gasteiger partial charge in [0.2, 0.25) is 0 Å². The fraction of sp³-hybridized carbons (Fsp3) is 0.294. The highest BCUT2D eigenvalue weighted by molar-refractivity contribution is 5.77. The monoisotopic (exact) mass is 319 g/mol. The topological polar surface area (TPSA) is 90.9 Å². The Balaban J connectivity index is 1.67. The van der Waals surface area contributed by atoms with Gasteiger partial charge in [-0.3, -0.25) is 0 Å². The van der Waals surface area contributed by atoms with E-state index >= 15 is 0 Å². The molecule has 0 aromatic carbocycles. The molecule has 0 amide bonds. The Hall–Kier alpha value is -2.98. The fourth-order valence-electron chi connectivity index (χ4n) is 2.98. The third kappa shape index (κ3) is 2.79. The largest absolute Gasteiger partial charge is 0.366 e. The molecule has 3 aromatic heterocycles. The van der Waals surface area contributed by atoms with Crippen LogP contribution in [0, 0.1) is 11.3 Å². The van der Waals surface area contributed by atoms with E-state index in [9.17, 15) is 0 Å². The second-order valence-corrected chi connectivity index (χ2v) is 5.87. The van der Waals surface area contributed by atoms with Crippen LogP contribution >= 0.6 is 0 Å². The lowest BCUT2D eigenvalue weighted by atomic mass is 10.1. The smallest absolute Gasteiger partial charge is 0.165 e. The Bertz CT molecular complexity index is 903. The van der Waals surface area contributed by atoms with Crippen LogP contribution in [0.15, 0.2) is 36.8 Å². The molecule has 0 bridgehead atoms. The number of hydrogen-bond acceptors (Lipinski definition) is 6. The van der Waals surface area contributed by atoms with Crippen LogP contribution in [0.25, 0.3) is 16.9 Å². The standard InChI is InChI=1S/C17H17N7/c18-9-12-4-7-24-15(8-12)14(11-21-24)17-20-6-3-16(23-17)22-13-2-1-5-19-10-13/h3-4,6-8,11,13,19H,1-2,5,10H2,(H,20,22,23)/t13-/m1/s1. The Morgan fingerprint density at radius 1 is 1.38 bits per heavy atom. The van der Waals surface area contributed by atoms with Crippen LogP contribution in [-0.4, -0.2) is 38.7 Å². The van der Waals surface area contributed by atoms with E-state index in [1.165, 1.54) is 6.42 Å². The summed E-state index contributed by atoms with van der Waals surface area (Å²) in [7, 11) is 0. The summed E-state index contributed by atoms with van der Waals surface area (Å²) in [6.07, 6.45) is 7.55. The highest BCUT2D eigenvalue weighted by Crippen LogP contribution is 2.23. The molecule has 1 saturated heterocycles. The van der Waals surface area contributed by atoms with Gasteiger partial charge in [-0.25, -0.2) is 14.5 Å². The van der Waals surface area contributed by atoms with E-state index in [4.69, 9.17) is 5.26 Å². The minimum atomic E-state index is 0.385. The lowest BCUT2D eigenvalue weighted by Gasteiger charge is -2.24. The van der Waals surface area contributed by atoms with Crippen molar-refractivity contribution in [1.29, 1.82) is 5.26 Å². The molecule has 7 nitrogen and oxygen atoms in total. The first kappa shape index (κ1) is 14.6. The average Bonchev–Trinajstić information content (AvgIpc) is 3.06. The van der Waals surface area contributed by atoms with Crippen molar-refractivity contribution in [2.45, 2.75) is 18.9 Å². The van der Waals surface area contributed by atoms with E-state index in [2.05, 4.69) is 31.8 Å². The molecule has 1 fully saturated rings. The quantitative estimate of drug-likeness (QED) is 0.765. The Labute approximate surface area is 139 Å². The van der Waals surface area contributed by atoms with Crippen LogP contribution < -0.4 is 10.6 Å². The van der Waals surface area contributed by atoms with Gasteiger partial charge in [-0.1, -0.05) is 0 Å². The first-order chi connectivity index (χ1) is 11.8. The predicted molar refractivity (Wildman–Crippen MR) is 90.4 cm³/mol. The van der Waals surface area contributed by atoms with Crippen molar-refractivity contribution in [3.05, 3.63) is 42.4 Å². The second-order valence-electron chi connectivity index (χ2n) is 5.87. The maximum absolute atomic E-state index is 9.10. The molecule has 3 aromatic rings. The number of pyridine rings is 1. The molecule has 0 unspecified atom stereocenters. The van der Waals surface area contributed by atoms with Gasteiger partial charge in [0.25, 0.3) is 0 Å². The molecule has 1 aliphatic rings. The summed E-state index contributed by atoms with van der Waals surface area (Å²) in [4.78, 5) is 9.01. The van der Waals surface area contributed by atoms with E-state index in [1.54, 1.807) is 35.2 Å². The molecule has 7 heteroatoms. The summed E-state index contributed by atoms with van der Waals surface area (Å²) in [5.41, 5.74) is 2.23. The van der Waals surface area contributed by atoms with Crippen molar-refractivity contribution < 1.29 is 0 Å². The van der Waals surface area contributed by atoms with Crippen LogP contribution in [0.4, 0.5) is 5.82 Å². The minimum absolute atomic E-state index is 0.385. The van der Waals surface area contributed by atoms with Crippen molar-refractivity contribution in [3.8, 4) is 17.5 Å². The number of nitrogens with one attached hydrogen (secondary N) is 2. The second kappa shape index (κ2) is 6.26. The summed E-state index contributed by atoms with van der Waals surface area (Å²) in [6.45, 7) is 2.03. The molecular formula is C17H17N7. The van der Waals surface area contributed by atoms with Crippen LogP contribution in [-0.2, 0) is 0 Å². The van der Waals surface area contributed by atoms with E-state index in [0.29, 0.717) is 17.4 Å². The first-order valence-corrected chi connectivity index (χ1v) is 8.01. The van der Waals surface area contributed by atoms with Crippen molar-refractivity contribution in [2.24, 2.45) is 0 Å². The Morgan fingerprint density at radius 2 is 2.33 bits per heavy atom. The number of anilines is 1. The predicted octanol–water partition coefficient (Wildman–Crippen LogP) is 1.83. The normalized spacial score (nSPS) is 17.5. The molecule has 0 spiro atoms. The van der Waals surface area contributed by atoms with E-state index in [1.807, 2.05) is 6.07 Å².